The number of hydrogen-bond donors (Lipinski definition) is 2. The summed E-state index contributed by atoms with van der Waals surface area (Å²) >= 11 is 0. The summed E-state index contributed by atoms with van der Waals surface area (Å²) in [7, 11) is 0. The molecule has 0 atom stereocenters. The average molecular weight is 186 g/mol. The minimum atomic E-state index is -0.0891. The second-order valence-electron chi connectivity index (χ2n) is 3.33. The van der Waals surface area contributed by atoms with Gasteiger partial charge in [-0.05, 0) is 19.4 Å². The van der Waals surface area contributed by atoms with Crippen molar-refractivity contribution in [1.29, 1.82) is 0 Å². The first kappa shape index (κ1) is 10.5. The lowest BCUT2D eigenvalue weighted by atomic mass is 10.3. The van der Waals surface area contributed by atoms with Crippen molar-refractivity contribution in [3.05, 3.63) is 0 Å². The highest BCUT2D eigenvalue weighted by molar-refractivity contribution is 5.76. The summed E-state index contributed by atoms with van der Waals surface area (Å²) in [6, 6.07) is 0. The third kappa shape index (κ3) is 4.24. The summed E-state index contributed by atoms with van der Waals surface area (Å²) in [6.07, 6.45) is 4.82. The Kier molecular flexibility index (Phi) is 4.78. The van der Waals surface area contributed by atoms with E-state index in [2.05, 4.69) is 10.8 Å². The maximum atomic E-state index is 11.1. The van der Waals surface area contributed by atoms with Gasteiger partial charge in [-0.3, -0.25) is 9.63 Å². The van der Waals surface area contributed by atoms with Gasteiger partial charge >= 0.3 is 0 Å². The standard InChI is InChI=1S/C9H18N2O2/c1-2-10-7-9(12)11-13-8-5-3-4-6-8/h8,10H,2-7H2,1H3,(H,11,12). The van der Waals surface area contributed by atoms with Gasteiger partial charge in [-0.2, -0.15) is 0 Å². The molecule has 76 valence electrons. The van der Waals surface area contributed by atoms with Crippen molar-refractivity contribution in [3.8, 4) is 0 Å². The van der Waals surface area contributed by atoms with Gasteiger partial charge < -0.3 is 5.32 Å². The molecule has 0 aromatic rings. The van der Waals surface area contributed by atoms with Crippen molar-refractivity contribution >= 4 is 5.91 Å². The minimum absolute atomic E-state index is 0.0891. The predicted molar refractivity (Wildman–Crippen MR) is 50.0 cm³/mol. The number of nitrogens with one attached hydrogen (secondary N) is 2. The van der Waals surface area contributed by atoms with Gasteiger partial charge in [0.2, 0.25) is 0 Å². The molecule has 4 nitrogen and oxygen atoms in total. The number of likely N-dealkylation sites (N-methyl/N-ethyl adjacent to an activating group) is 1. The molecular weight excluding hydrogens is 168 g/mol. The van der Waals surface area contributed by atoms with E-state index < -0.39 is 0 Å². The second kappa shape index (κ2) is 5.94. The number of carbonyl (C=O) groups excluding carboxylic acids is 1. The molecule has 0 aromatic carbocycles. The van der Waals surface area contributed by atoms with Gasteiger partial charge in [-0.1, -0.05) is 19.8 Å². The number of amides is 1. The van der Waals surface area contributed by atoms with Crippen molar-refractivity contribution in [3.63, 3.8) is 0 Å². The van der Waals surface area contributed by atoms with Crippen LogP contribution in [0.3, 0.4) is 0 Å². The van der Waals surface area contributed by atoms with Crippen LogP contribution in [0.15, 0.2) is 0 Å². The Morgan fingerprint density at radius 3 is 2.77 bits per heavy atom. The third-order valence-electron chi connectivity index (χ3n) is 2.18. The molecule has 0 saturated heterocycles. The van der Waals surface area contributed by atoms with Crippen LogP contribution in [0.4, 0.5) is 0 Å². The zero-order valence-corrected chi connectivity index (χ0v) is 8.14. The van der Waals surface area contributed by atoms with E-state index in [9.17, 15) is 4.79 Å². The zero-order chi connectivity index (χ0) is 9.52. The van der Waals surface area contributed by atoms with Crippen molar-refractivity contribution in [2.75, 3.05) is 13.1 Å². The van der Waals surface area contributed by atoms with Crippen molar-refractivity contribution in [1.82, 2.24) is 10.8 Å². The van der Waals surface area contributed by atoms with Crippen molar-refractivity contribution in [2.24, 2.45) is 0 Å². The van der Waals surface area contributed by atoms with Gasteiger partial charge in [0.15, 0.2) is 0 Å². The van der Waals surface area contributed by atoms with Crippen molar-refractivity contribution < 1.29 is 9.63 Å². The van der Waals surface area contributed by atoms with Crippen LogP contribution in [0.25, 0.3) is 0 Å². The molecule has 0 bridgehead atoms. The molecule has 2 N–H and O–H groups in total. The SMILES string of the molecule is CCNCC(=O)NOC1CCCC1. The molecule has 1 aliphatic rings. The summed E-state index contributed by atoms with van der Waals surface area (Å²) in [5.74, 6) is -0.0891. The fourth-order valence-corrected chi connectivity index (χ4v) is 1.43. The normalized spacial score (nSPS) is 17.6. The highest BCUT2D eigenvalue weighted by Crippen LogP contribution is 2.19. The zero-order valence-electron chi connectivity index (χ0n) is 8.14. The maximum absolute atomic E-state index is 11.1. The van der Waals surface area contributed by atoms with Gasteiger partial charge in [0.25, 0.3) is 5.91 Å². The van der Waals surface area contributed by atoms with Crippen LogP contribution in [0, 0.1) is 0 Å². The molecule has 1 amide bonds. The Bertz CT molecular complexity index is 156. The number of carbonyl (C=O) groups is 1. The molecule has 0 unspecified atom stereocenters. The molecule has 1 aliphatic carbocycles. The van der Waals surface area contributed by atoms with Crippen LogP contribution >= 0.6 is 0 Å². The van der Waals surface area contributed by atoms with Gasteiger partial charge in [-0.25, -0.2) is 5.48 Å². The summed E-state index contributed by atoms with van der Waals surface area (Å²) in [5.41, 5.74) is 2.46. The smallest absolute Gasteiger partial charge is 0.257 e. The van der Waals surface area contributed by atoms with E-state index in [1.54, 1.807) is 0 Å². The van der Waals surface area contributed by atoms with E-state index in [0.717, 1.165) is 19.4 Å². The first-order valence-corrected chi connectivity index (χ1v) is 4.98. The molecule has 1 fully saturated rings. The molecule has 0 aromatic heterocycles. The van der Waals surface area contributed by atoms with E-state index in [-0.39, 0.29) is 12.0 Å². The Labute approximate surface area is 79.0 Å². The Hall–Kier alpha value is -0.610. The molecule has 13 heavy (non-hydrogen) atoms. The first-order chi connectivity index (χ1) is 6.33. The highest BCUT2D eigenvalue weighted by Gasteiger charge is 2.16. The van der Waals surface area contributed by atoms with Gasteiger partial charge in [-0.15, -0.1) is 0 Å². The van der Waals surface area contributed by atoms with Crippen LogP contribution in [0.5, 0.6) is 0 Å². The molecule has 0 spiro atoms. The number of hydrogen-bond acceptors (Lipinski definition) is 3. The van der Waals surface area contributed by atoms with Gasteiger partial charge in [0.1, 0.15) is 0 Å². The van der Waals surface area contributed by atoms with Crippen LogP contribution in [0.1, 0.15) is 32.6 Å². The van der Waals surface area contributed by atoms with E-state index in [1.807, 2.05) is 6.92 Å². The van der Waals surface area contributed by atoms with E-state index in [0.29, 0.717) is 6.54 Å². The summed E-state index contributed by atoms with van der Waals surface area (Å²) in [5, 5.41) is 2.93. The largest absolute Gasteiger partial charge is 0.309 e. The molecule has 1 rings (SSSR count). The van der Waals surface area contributed by atoms with Crippen LogP contribution in [-0.4, -0.2) is 25.1 Å². The Morgan fingerprint density at radius 2 is 2.15 bits per heavy atom. The fraction of sp³-hybridized carbons (Fsp3) is 0.889. The van der Waals surface area contributed by atoms with E-state index in [1.165, 1.54) is 12.8 Å². The van der Waals surface area contributed by atoms with Gasteiger partial charge in [0, 0.05) is 0 Å². The Balaban J connectivity index is 2.00. The Morgan fingerprint density at radius 1 is 1.46 bits per heavy atom. The lowest BCUT2D eigenvalue weighted by Crippen LogP contribution is -2.35. The van der Waals surface area contributed by atoms with Gasteiger partial charge in [0.05, 0.1) is 12.6 Å². The lowest BCUT2D eigenvalue weighted by molar-refractivity contribution is -0.137. The quantitative estimate of drug-likeness (QED) is 0.618. The molecule has 0 heterocycles. The van der Waals surface area contributed by atoms with Crippen molar-refractivity contribution in [2.45, 2.75) is 38.7 Å². The first-order valence-electron chi connectivity index (χ1n) is 4.98. The van der Waals surface area contributed by atoms with Crippen LogP contribution in [-0.2, 0) is 9.63 Å². The molecule has 0 aliphatic heterocycles. The highest BCUT2D eigenvalue weighted by atomic mass is 16.7. The predicted octanol–water partition coefficient (Wildman–Crippen LogP) is 0.586. The second-order valence-corrected chi connectivity index (χ2v) is 3.33. The van der Waals surface area contributed by atoms with Crippen LogP contribution < -0.4 is 10.8 Å². The summed E-state index contributed by atoms with van der Waals surface area (Å²) < 4.78 is 0. The minimum Gasteiger partial charge on any atom is -0.309 e. The monoisotopic (exact) mass is 186 g/mol. The molecule has 4 heteroatoms. The van der Waals surface area contributed by atoms with Crippen LogP contribution in [0.2, 0.25) is 0 Å². The molecular formula is C9H18N2O2. The fourth-order valence-electron chi connectivity index (χ4n) is 1.43. The lowest BCUT2D eigenvalue weighted by Gasteiger charge is -2.11. The summed E-state index contributed by atoms with van der Waals surface area (Å²) in [4.78, 5) is 16.3. The number of rotatable bonds is 5. The number of hydroxylamine groups is 1. The maximum Gasteiger partial charge on any atom is 0.257 e. The third-order valence-corrected chi connectivity index (χ3v) is 2.18. The molecule has 0 radical (unpaired) electrons. The molecule has 1 saturated carbocycles. The average Bonchev–Trinajstić information content (AvgIpc) is 2.64. The van der Waals surface area contributed by atoms with E-state index in [4.69, 9.17) is 4.84 Å². The topological polar surface area (TPSA) is 50.4 Å². The van der Waals surface area contributed by atoms with E-state index >= 15 is 0 Å². The summed E-state index contributed by atoms with van der Waals surface area (Å²) in [6.45, 7) is 3.10.